The summed E-state index contributed by atoms with van der Waals surface area (Å²) >= 11 is 0. The molecule has 0 aromatic heterocycles. The third-order valence-electron chi connectivity index (χ3n) is 0.839. The van der Waals surface area contributed by atoms with Crippen LogP contribution < -0.4 is 0 Å². The van der Waals surface area contributed by atoms with Gasteiger partial charge in [-0.3, -0.25) is 0 Å². The van der Waals surface area contributed by atoms with Crippen LogP contribution >= 0.6 is 0 Å². The van der Waals surface area contributed by atoms with Gasteiger partial charge < -0.3 is 5.11 Å². The van der Waals surface area contributed by atoms with Crippen LogP contribution in [0.2, 0.25) is 0 Å². The van der Waals surface area contributed by atoms with Gasteiger partial charge >= 0.3 is 0 Å². The number of aliphatic hydroxyl groups is 1. The monoisotopic (exact) mass is 154 g/mol. The van der Waals surface area contributed by atoms with Crippen molar-refractivity contribution < 1.29 is 5.11 Å². The highest BCUT2D eigenvalue weighted by molar-refractivity contribution is 5.18. The van der Waals surface area contributed by atoms with Crippen LogP contribution in [0.1, 0.15) is 20.8 Å². The van der Waals surface area contributed by atoms with Crippen molar-refractivity contribution in [2.45, 2.75) is 20.8 Å². The van der Waals surface area contributed by atoms with Crippen LogP contribution in [0.4, 0.5) is 0 Å². The van der Waals surface area contributed by atoms with Crippen molar-refractivity contribution in [1.82, 2.24) is 0 Å². The van der Waals surface area contributed by atoms with Crippen molar-refractivity contribution in [3.8, 4) is 0 Å². The molecule has 0 saturated heterocycles. The highest BCUT2D eigenvalue weighted by Crippen LogP contribution is 1.89. The Bertz CT molecular complexity index is 132. The number of rotatable bonds is 3. The van der Waals surface area contributed by atoms with Crippen LogP contribution in [0.15, 0.2) is 36.5 Å². The van der Waals surface area contributed by atoms with Gasteiger partial charge in [0.2, 0.25) is 0 Å². The summed E-state index contributed by atoms with van der Waals surface area (Å²) in [5.74, 6) is 0. The van der Waals surface area contributed by atoms with Crippen molar-refractivity contribution in [2.24, 2.45) is 0 Å². The Kier molecular flexibility index (Phi) is 13.9. The van der Waals surface area contributed by atoms with Crippen LogP contribution in [0.5, 0.6) is 0 Å². The maximum Gasteiger partial charge on any atom is 0.0676 e. The number of hydrogen-bond acceptors (Lipinski definition) is 1. The molecule has 0 aliphatic rings. The first-order chi connectivity index (χ1) is 5.31. The van der Waals surface area contributed by atoms with Gasteiger partial charge in [0.25, 0.3) is 0 Å². The van der Waals surface area contributed by atoms with Crippen LogP contribution in [0.3, 0.4) is 0 Å². The molecule has 0 aromatic rings. The third kappa shape index (κ3) is 12.4. The Morgan fingerprint density at radius 1 is 1.36 bits per heavy atom. The zero-order valence-electron chi connectivity index (χ0n) is 7.67. The Morgan fingerprint density at radius 3 is 2.27 bits per heavy atom. The van der Waals surface area contributed by atoms with Gasteiger partial charge in [0.05, 0.1) is 6.61 Å². The van der Waals surface area contributed by atoms with Crippen LogP contribution in [-0.4, -0.2) is 11.7 Å². The first kappa shape index (κ1) is 12.8. The molecule has 0 fully saturated rings. The molecule has 0 aromatic carbocycles. The number of allylic oxidation sites excluding steroid dienone is 3. The molecular formula is C10H18O. The summed E-state index contributed by atoms with van der Waals surface area (Å²) in [6.07, 6.45) is 7.43. The van der Waals surface area contributed by atoms with E-state index in [4.69, 9.17) is 5.11 Å². The summed E-state index contributed by atoms with van der Waals surface area (Å²) in [5, 5.41) is 8.46. The Hall–Kier alpha value is -0.820. The van der Waals surface area contributed by atoms with Crippen LogP contribution in [-0.2, 0) is 0 Å². The van der Waals surface area contributed by atoms with Gasteiger partial charge in [0, 0.05) is 0 Å². The van der Waals surface area contributed by atoms with E-state index in [1.54, 1.807) is 6.08 Å². The molecule has 64 valence electrons. The molecule has 0 aliphatic heterocycles. The minimum Gasteiger partial charge on any atom is -0.392 e. The fourth-order valence-corrected chi connectivity index (χ4v) is 0.355. The van der Waals surface area contributed by atoms with E-state index in [9.17, 15) is 0 Å². The molecule has 11 heavy (non-hydrogen) atoms. The second kappa shape index (κ2) is 11.9. The minimum absolute atomic E-state index is 0.0358. The molecule has 0 saturated carbocycles. The highest BCUT2D eigenvalue weighted by Gasteiger charge is 1.77. The maximum atomic E-state index is 8.46. The smallest absolute Gasteiger partial charge is 0.0676 e. The highest BCUT2D eigenvalue weighted by atomic mass is 16.3. The van der Waals surface area contributed by atoms with E-state index in [1.807, 2.05) is 39.0 Å². The quantitative estimate of drug-likeness (QED) is 0.620. The lowest BCUT2D eigenvalue weighted by Crippen LogP contribution is -1.80. The van der Waals surface area contributed by atoms with E-state index in [0.29, 0.717) is 0 Å². The van der Waals surface area contributed by atoms with Gasteiger partial charge in [0.15, 0.2) is 0 Å². The second-order valence-electron chi connectivity index (χ2n) is 1.70. The van der Waals surface area contributed by atoms with Gasteiger partial charge in [-0.15, -0.1) is 0 Å². The second-order valence-corrected chi connectivity index (χ2v) is 1.70. The third-order valence-corrected chi connectivity index (χ3v) is 0.839. The van der Waals surface area contributed by atoms with Crippen molar-refractivity contribution in [1.29, 1.82) is 0 Å². The molecule has 0 unspecified atom stereocenters. The average Bonchev–Trinajstić information content (AvgIpc) is 2.08. The maximum absolute atomic E-state index is 8.46. The molecule has 0 heterocycles. The zero-order valence-corrected chi connectivity index (χ0v) is 7.67. The van der Waals surface area contributed by atoms with Crippen molar-refractivity contribution in [2.75, 3.05) is 6.61 Å². The standard InChI is InChI=1S/C8H12O.C2H6/c1-3-4-5-6-8(2)7-9;1-2/h3-6,9H,2,7H2,1H3;1-2H3/b4-3-,6-5-;. The van der Waals surface area contributed by atoms with Crippen molar-refractivity contribution >= 4 is 0 Å². The van der Waals surface area contributed by atoms with E-state index in [-0.39, 0.29) is 6.61 Å². The molecule has 0 atom stereocenters. The van der Waals surface area contributed by atoms with Crippen molar-refractivity contribution in [3.63, 3.8) is 0 Å². The minimum atomic E-state index is 0.0358. The Morgan fingerprint density at radius 2 is 1.91 bits per heavy atom. The fraction of sp³-hybridized carbons (Fsp3) is 0.400. The topological polar surface area (TPSA) is 20.2 Å². The Balaban J connectivity index is 0. The molecule has 1 heteroatoms. The summed E-state index contributed by atoms with van der Waals surface area (Å²) in [4.78, 5) is 0. The molecule has 0 amide bonds. The molecule has 1 N–H and O–H groups in total. The van der Waals surface area contributed by atoms with E-state index < -0.39 is 0 Å². The average molecular weight is 154 g/mol. The molecule has 0 aliphatic carbocycles. The lowest BCUT2D eigenvalue weighted by Gasteiger charge is -1.86. The van der Waals surface area contributed by atoms with Gasteiger partial charge in [-0.25, -0.2) is 0 Å². The van der Waals surface area contributed by atoms with E-state index in [1.165, 1.54) is 0 Å². The summed E-state index contributed by atoms with van der Waals surface area (Å²) in [6, 6.07) is 0. The molecule has 1 nitrogen and oxygen atoms in total. The number of hydrogen-bond donors (Lipinski definition) is 1. The molecule has 0 spiro atoms. The normalized spacial score (nSPS) is 9.82. The number of aliphatic hydroxyl groups excluding tert-OH is 1. The van der Waals surface area contributed by atoms with E-state index in [0.717, 1.165) is 5.57 Å². The van der Waals surface area contributed by atoms with E-state index in [2.05, 4.69) is 6.58 Å². The van der Waals surface area contributed by atoms with Crippen LogP contribution in [0.25, 0.3) is 0 Å². The lowest BCUT2D eigenvalue weighted by molar-refractivity contribution is 0.335. The SMILES string of the molecule is C=C(/C=C\C=C/C)CO.CC. The van der Waals surface area contributed by atoms with Gasteiger partial charge in [-0.1, -0.05) is 44.7 Å². The Labute approximate surface area is 69.8 Å². The summed E-state index contributed by atoms with van der Waals surface area (Å²) in [7, 11) is 0. The van der Waals surface area contributed by atoms with Gasteiger partial charge in [-0.05, 0) is 12.5 Å². The van der Waals surface area contributed by atoms with Crippen molar-refractivity contribution in [3.05, 3.63) is 36.5 Å². The largest absolute Gasteiger partial charge is 0.392 e. The van der Waals surface area contributed by atoms with Crippen LogP contribution in [0, 0.1) is 0 Å². The lowest BCUT2D eigenvalue weighted by atomic mass is 10.3. The first-order valence-corrected chi connectivity index (χ1v) is 3.89. The predicted octanol–water partition coefficient (Wildman–Crippen LogP) is 2.69. The van der Waals surface area contributed by atoms with Gasteiger partial charge in [0.1, 0.15) is 0 Å². The predicted molar refractivity (Wildman–Crippen MR) is 51.5 cm³/mol. The molecular weight excluding hydrogens is 136 g/mol. The fourth-order valence-electron chi connectivity index (χ4n) is 0.355. The molecule has 0 bridgehead atoms. The van der Waals surface area contributed by atoms with E-state index >= 15 is 0 Å². The first-order valence-electron chi connectivity index (χ1n) is 3.89. The summed E-state index contributed by atoms with van der Waals surface area (Å²) in [5.41, 5.74) is 0.730. The van der Waals surface area contributed by atoms with Gasteiger partial charge in [-0.2, -0.15) is 0 Å². The zero-order chi connectivity index (χ0) is 9.11. The molecule has 0 rings (SSSR count). The summed E-state index contributed by atoms with van der Waals surface area (Å²) in [6.45, 7) is 9.55. The summed E-state index contributed by atoms with van der Waals surface area (Å²) < 4.78 is 0. The molecule has 0 radical (unpaired) electrons.